The minimum atomic E-state index is -0.210. The molecule has 1 amide bonds. The molecule has 0 bridgehead atoms. The number of hydrogen-bond acceptors (Lipinski definition) is 4. The standard InChI is InChI=1S/C15H22ClNO4/c1-9(8-16)10(2)17-15(18)11-6-12(19-3)14(21-5)13(7-11)20-4/h6-7,9-10H,8H2,1-5H3,(H,17,18). The highest BCUT2D eigenvalue weighted by Gasteiger charge is 2.19. The fourth-order valence-corrected chi connectivity index (χ4v) is 2.05. The van der Waals surface area contributed by atoms with Gasteiger partial charge in [-0.15, -0.1) is 11.6 Å². The summed E-state index contributed by atoms with van der Waals surface area (Å²) in [6.07, 6.45) is 0. The number of hydrogen-bond donors (Lipinski definition) is 1. The van der Waals surface area contributed by atoms with Crippen molar-refractivity contribution in [2.75, 3.05) is 27.2 Å². The van der Waals surface area contributed by atoms with Crippen molar-refractivity contribution in [3.63, 3.8) is 0 Å². The molecule has 0 saturated heterocycles. The average molecular weight is 316 g/mol. The molecule has 5 nitrogen and oxygen atoms in total. The molecule has 0 aliphatic carbocycles. The summed E-state index contributed by atoms with van der Waals surface area (Å²) in [4.78, 5) is 12.3. The lowest BCUT2D eigenvalue weighted by Crippen LogP contribution is -2.37. The Morgan fingerprint density at radius 2 is 1.67 bits per heavy atom. The van der Waals surface area contributed by atoms with E-state index in [0.717, 1.165) is 0 Å². The van der Waals surface area contributed by atoms with Gasteiger partial charge in [-0.25, -0.2) is 0 Å². The molecule has 2 unspecified atom stereocenters. The topological polar surface area (TPSA) is 56.8 Å². The number of ether oxygens (including phenoxy) is 3. The molecule has 0 aromatic heterocycles. The van der Waals surface area contributed by atoms with E-state index in [1.54, 1.807) is 12.1 Å². The first-order valence-corrected chi connectivity index (χ1v) is 7.18. The van der Waals surface area contributed by atoms with Gasteiger partial charge in [-0.3, -0.25) is 4.79 Å². The molecule has 0 heterocycles. The number of nitrogens with one attached hydrogen (secondary N) is 1. The summed E-state index contributed by atoms with van der Waals surface area (Å²) in [5.41, 5.74) is 0.443. The third kappa shape index (κ3) is 4.17. The van der Waals surface area contributed by atoms with Crippen LogP contribution >= 0.6 is 11.6 Å². The number of halogens is 1. The second-order valence-corrected chi connectivity index (χ2v) is 5.12. The number of carbonyl (C=O) groups is 1. The molecular formula is C15H22ClNO4. The third-order valence-corrected chi connectivity index (χ3v) is 3.87. The molecule has 1 N–H and O–H groups in total. The fourth-order valence-electron chi connectivity index (χ4n) is 1.78. The Bertz CT molecular complexity index is 468. The molecule has 21 heavy (non-hydrogen) atoms. The van der Waals surface area contributed by atoms with E-state index >= 15 is 0 Å². The van der Waals surface area contributed by atoms with Crippen LogP contribution in [0.4, 0.5) is 0 Å². The summed E-state index contributed by atoms with van der Waals surface area (Å²) in [5, 5.41) is 2.91. The maximum Gasteiger partial charge on any atom is 0.251 e. The van der Waals surface area contributed by atoms with Crippen molar-refractivity contribution in [1.29, 1.82) is 0 Å². The van der Waals surface area contributed by atoms with E-state index in [9.17, 15) is 4.79 Å². The van der Waals surface area contributed by atoms with Gasteiger partial charge in [0, 0.05) is 17.5 Å². The van der Waals surface area contributed by atoms with E-state index in [1.807, 2.05) is 13.8 Å². The van der Waals surface area contributed by atoms with Crippen molar-refractivity contribution in [2.45, 2.75) is 19.9 Å². The van der Waals surface area contributed by atoms with Crippen molar-refractivity contribution in [2.24, 2.45) is 5.92 Å². The van der Waals surface area contributed by atoms with Gasteiger partial charge in [0.2, 0.25) is 5.75 Å². The molecular weight excluding hydrogens is 294 g/mol. The maximum atomic E-state index is 12.3. The van der Waals surface area contributed by atoms with Gasteiger partial charge in [0.05, 0.1) is 21.3 Å². The van der Waals surface area contributed by atoms with Crippen LogP contribution in [0, 0.1) is 5.92 Å². The number of benzene rings is 1. The molecule has 2 atom stereocenters. The summed E-state index contributed by atoms with van der Waals surface area (Å²) >= 11 is 5.80. The Kier molecular flexibility index (Phi) is 6.62. The van der Waals surface area contributed by atoms with Gasteiger partial charge in [-0.1, -0.05) is 6.92 Å². The Morgan fingerprint density at radius 1 is 1.14 bits per heavy atom. The molecule has 0 spiro atoms. The smallest absolute Gasteiger partial charge is 0.251 e. The zero-order chi connectivity index (χ0) is 16.0. The van der Waals surface area contributed by atoms with Gasteiger partial charge in [-0.2, -0.15) is 0 Å². The second-order valence-electron chi connectivity index (χ2n) is 4.81. The lowest BCUT2D eigenvalue weighted by Gasteiger charge is -2.20. The van der Waals surface area contributed by atoms with Crippen LogP contribution in [-0.4, -0.2) is 39.2 Å². The minimum Gasteiger partial charge on any atom is -0.493 e. The molecule has 1 aromatic rings. The van der Waals surface area contributed by atoms with Crippen LogP contribution in [0.15, 0.2) is 12.1 Å². The third-order valence-electron chi connectivity index (χ3n) is 3.38. The minimum absolute atomic E-state index is 0.0332. The van der Waals surface area contributed by atoms with E-state index in [4.69, 9.17) is 25.8 Å². The van der Waals surface area contributed by atoms with Gasteiger partial charge < -0.3 is 19.5 Å². The summed E-state index contributed by atoms with van der Waals surface area (Å²) in [5.74, 6) is 1.80. The van der Waals surface area contributed by atoms with Gasteiger partial charge >= 0.3 is 0 Å². The van der Waals surface area contributed by atoms with Gasteiger partial charge in [0.25, 0.3) is 5.91 Å². The number of amides is 1. The van der Waals surface area contributed by atoms with Crippen molar-refractivity contribution in [3.05, 3.63) is 17.7 Å². The predicted molar refractivity (Wildman–Crippen MR) is 82.9 cm³/mol. The first-order chi connectivity index (χ1) is 9.98. The summed E-state index contributed by atoms with van der Waals surface area (Å²) < 4.78 is 15.7. The SMILES string of the molecule is COc1cc(C(=O)NC(C)C(C)CCl)cc(OC)c1OC. The predicted octanol–water partition coefficient (Wildman–Crippen LogP) is 2.71. The van der Waals surface area contributed by atoms with E-state index < -0.39 is 0 Å². The van der Waals surface area contributed by atoms with Crippen LogP contribution in [0.3, 0.4) is 0 Å². The van der Waals surface area contributed by atoms with Gasteiger partial charge in [0.1, 0.15) is 0 Å². The zero-order valence-electron chi connectivity index (χ0n) is 13.0. The highest BCUT2D eigenvalue weighted by atomic mass is 35.5. The summed E-state index contributed by atoms with van der Waals surface area (Å²) in [7, 11) is 4.54. The quantitative estimate of drug-likeness (QED) is 0.786. The Balaban J connectivity index is 3.05. The molecule has 6 heteroatoms. The Hall–Kier alpha value is -1.62. The fraction of sp³-hybridized carbons (Fsp3) is 0.533. The number of methoxy groups -OCH3 is 3. The molecule has 0 radical (unpaired) electrons. The highest BCUT2D eigenvalue weighted by molar-refractivity contribution is 6.18. The Labute approximate surface area is 130 Å². The van der Waals surface area contributed by atoms with E-state index in [2.05, 4.69) is 5.32 Å². The lowest BCUT2D eigenvalue weighted by molar-refractivity contribution is 0.0930. The van der Waals surface area contributed by atoms with Gasteiger partial charge in [-0.05, 0) is 25.0 Å². The summed E-state index contributed by atoms with van der Waals surface area (Å²) in [6, 6.07) is 3.21. The van der Waals surface area contributed by atoms with Gasteiger partial charge in [0.15, 0.2) is 11.5 Å². The van der Waals surface area contributed by atoms with Crippen molar-refractivity contribution in [1.82, 2.24) is 5.32 Å². The van der Waals surface area contributed by atoms with Crippen LogP contribution in [0.5, 0.6) is 17.2 Å². The summed E-state index contributed by atoms with van der Waals surface area (Å²) in [6.45, 7) is 3.90. The second kappa shape index (κ2) is 7.98. The monoisotopic (exact) mass is 315 g/mol. The normalized spacial score (nSPS) is 13.2. The molecule has 0 aliphatic heterocycles. The van der Waals surface area contributed by atoms with E-state index in [1.165, 1.54) is 21.3 Å². The zero-order valence-corrected chi connectivity index (χ0v) is 13.8. The molecule has 0 saturated carbocycles. The largest absolute Gasteiger partial charge is 0.493 e. The molecule has 1 rings (SSSR count). The number of carbonyl (C=O) groups excluding carboxylic acids is 1. The van der Waals surface area contributed by atoms with Crippen LogP contribution in [0.25, 0.3) is 0 Å². The van der Waals surface area contributed by atoms with Crippen molar-refractivity contribution < 1.29 is 19.0 Å². The van der Waals surface area contributed by atoms with Crippen LogP contribution in [0.2, 0.25) is 0 Å². The molecule has 1 aromatic carbocycles. The van der Waals surface area contributed by atoms with Crippen LogP contribution in [0.1, 0.15) is 24.2 Å². The van der Waals surface area contributed by atoms with E-state index in [-0.39, 0.29) is 17.9 Å². The molecule has 118 valence electrons. The number of rotatable bonds is 7. The number of alkyl halides is 1. The first-order valence-electron chi connectivity index (χ1n) is 6.65. The van der Waals surface area contributed by atoms with Crippen molar-refractivity contribution in [3.8, 4) is 17.2 Å². The highest BCUT2D eigenvalue weighted by Crippen LogP contribution is 2.38. The van der Waals surface area contributed by atoms with Crippen LogP contribution < -0.4 is 19.5 Å². The lowest BCUT2D eigenvalue weighted by atomic mass is 10.1. The Morgan fingerprint density at radius 3 is 2.05 bits per heavy atom. The maximum absolute atomic E-state index is 12.3. The van der Waals surface area contributed by atoms with Crippen molar-refractivity contribution >= 4 is 17.5 Å². The molecule has 0 fully saturated rings. The van der Waals surface area contributed by atoms with Crippen LogP contribution in [-0.2, 0) is 0 Å². The van der Waals surface area contributed by atoms with E-state index in [0.29, 0.717) is 28.7 Å². The average Bonchev–Trinajstić information content (AvgIpc) is 2.51. The molecule has 0 aliphatic rings. The first kappa shape index (κ1) is 17.4.